The Labute approximate surface area is 162 Å². The van der Waals surface area contributed by atoms with Gasteiger partial charge in [0, 0.05) is 17.3 Å². The van der Waals surface area contributed by atoms with Crippen molar-refractivity contribution in [2.24, 2.45) is 0 Å². The molecule has 0 aromatic heterocycles. The van der Waals surface area contributed by atoms with Gasteiger partial charge in [-0.05, 0) is 43.0 Å². The zero-order chi connectivity index (χ0) is 20.1. The minimum absolute atomic E-state index is 0.0873. The lowest BCUT2D eigenvalue weighted by molar-refractivity contribution is -0.117. The van der Waals surface area contributed by atoms with Crippen LogP contribution in [0.1, 0.15) is 69.2 Å². The molecule has 1 amide bonds. The van der Waals surface area contributed by atoms with Crippen LogP contribution >= 0.6 is 0 Å². The quantitative estimate of drug-likeness (QED) is 0.677. The first-order chi connectivity index (χ1) is 12.7. The number of carbonyl (C=O) groups excluding carboxylic acids is 1. The number of likely N-dealkylation sites (N-methyl/N-ethyl adjacent to an activating group) is 1. The maximum Gasteiger partial charge on any atom is 0.238 e. The monoisotopic (exact) mass is 370 g/mol. The Balaban J connectivity index is 2.17. The molecule has 0 heterocycles. The van der Waals surface area contributed by atoms with Crippen LogP contribution < -0.4 is 5.32 Å². The molecular weight excluding hydrogens is 339 g/mol. The number of anilines is 1. The maximum absolute atomic E-state index is 14.0. The Bertz CT molecular complexity index is 759. The Kier molecular flexibility index (Phi) is 7.14. The van der Waals surface area contributed by atoms with Crippen molar-refractivity contribution >= 4 is 11.6 Å². The van der Waals surface area contributed by atoms with E-state index in [0.717, 1.165) is 16.8 Å². The van der Waals surface area contributed by atoms with E-state index in [1.165, 1.54) is 6.07 Å². The molecule has 0 saturated heterocycles. The Morgan fingerprint density at radius 3 is 1.96 bits per heavy atom. The van der Waals surface area contributed by atoms with Crippen LogP contribution in [0.25, 0.3) is 0 Å². The molecule has 3 nitrogen and oxygen atoms in total. The number of para-hydroxylation sites is 1. The van der Waals surface area contributed by atoms with E-state index in [2.05, 4.69) is 45.1 Å². The molecule has 4 heteroatoms. The van der Waals surface area contributed by atoms with Crippen LogP contribution in [0.2, 0.25) is 0 Å². The summed E-state index contributed by atoms with van der Waals surface area (Å²) in [4.78, 5) is 14.6. The molecule has 1 atom stereocenters. The lowest BCUT2D eigenvalue weighted by Gasteiger charge is -2.26. The molecule has 0 aliphatic heterocycles. The molecule has 0 aliphatic carbocycles. The van der Waals surface area contributed by atoms with Gasteiger partial charge in [-0.3, -0.25) is 9.69 Å². The summed E-state index contributed by atoms with van der Waals surface area (Å²) in [6.07, 6.45) is 0. The topological polar surface area (TPSA) is 32.3 Å². The summed E-state index contributed by atoms with van der Waals surface area (Å²) in [5, 5.41) is 3.12. The van der Waals surface area contributed by atoms with E-state index in [-0.39, 0.29) is 24.3 Å². The summed E-state index contributed by atoms with van der Waals surface area (Å²) in [6, 6.07) is 12.7. The lowest BCUT2D eigenvalue weighted by Crippen LogP contribution is -2.33. The van der Waals surface area contributed by atoms with E-state index in [9.17, 15) is 9.18 Å². The fourth-order valence-corrected chi connectivity index (χ4v) is 3.29. The summed E-state index contributed by atoms with van der Waals surface area (Å²) in [5.41, 5.74) is 3.79. The number of amides is 1. The van der Waals surface area contributed by atoms with E-state index < -0.39 is 0 Å². The van der Waals surface area contributed by atoms with Crippen molar-refractivity contribution in [2.45, 2.75) is 52.5 Å². The minimum atomic E-state index is -0.246. The molecule has 0 aliphatic rings. The molecule has 2 aromatic carbocycles. The number of halogens is 1. The van der Waals surface area contributed by atoms with Crippen LogP contribution in [-0.4, -0.2) is 24.4 Å². The number of hydrogen-bond acceptors (Lipinski definition) is 2. The highest BCUT2D eigenvalue weighted by atomic mass is 19.1. The van der Waals surface area contributed by atoms with Gasteiger partial charge in [-0.2, -0.15) is 0 Å². The molecule has 0 radical (unpaired) electrons. The number of rotatable bonds is 7. The summed E-state index contributed by atoms with van der Waals surface area (Å²) in [5.74, 6) is 0.295. The first-order valence-electron chi connectivity index (χ1n) is 9.59. The fraction of sp³-hybridized carbons (Fsp3) is 0.435. The predicted octanol–water partition coefficient (Wildman–Crippen LogP) is 5.70. The third-order valence-corrected chi connectivity index (χ3v) is 5.05. The SMILES string of the molecule is CC(C)c1cccc(C(C)C)c1NC(=O)CN(C)C(C)c1ccccc1F. The highest BCUT2D eigenvalue weighted by molar-refractivity contribution is 5.94. The zero-order valence-electron chi connectivity index (χ0n) is 17.2. The van der Waals surface area contributed by atoms with E-state index in [1.807, 2.05) is 31.0 Å². The molecule has 2 rings (SSSR count). The number of benzene rings is 2. The number of hydrogen-bond donors (Lipinski definition) is 1. The maximum atomic E-state index is 14.0. The number of carbonyl (C=O) groups is 1. The number of nitrogens with one attached hydrogen (secondary N) is 1. The molecular formula is C23H31FN2O. The van der Waals surface area contributed by atoms with Crippen LogP contribution in [0.5, 0.6) is 0 Å². The van der Waals surface area contributed by atoms with Gasteiger partial charge >= 0.3 is 0 Å². The van der Waals surface area contributed by atoms with Crippen LogP contribution in [0.3, 0.4) is 0 Å². The standard InChI is InChI=1S/C23H31FN2O/c1-15(2)18-11-9-12-19(16(3)4)23(18)25-22(27)14-26(6)17(5)20-10-7-8-13-21(20)24/h7-13,15-17H,14H2,1-6H3,(H,25,27). The molecule has 0 saturated carbocycles. The van der Waals surface area contributed by atoms with Crippen molar-refractivity contribution in [3.63, 3.8) is 0 Å². The fourth-order valence-electron chi connectivity index (χ4n) is 3.29. The van der Waals surface area contributed by atoms with Gasteiger partial charge in [0.05, 0.1) is 6.54 Å². The second-order valence-corrected chi connectivity index (χ2v) is 7.78. The summed E-state index contributed by atoms with van der Waals surface area (Å²) < 4.78 is 14.0. The third-order valence-electron chi connectivity index (χ3n) is 5.05. The zero-order valence-corrected chi connectivity index (χ0v) is 17.2. The Hall–Kier alpha value is -2.20. The van der Waals surface area contributed by atoms with Crippen LogP contribution in [-0.2, 0) is 4.79 Å². The van der Waals surface area contributed by atoms with Crippen molar-refractivity contribution < 1.29 is 9.18 Å². The van der Waals surface area contributed by atoms with Crippen molar-refractivity contribution in [1.29, 1.82) is 0 Å². The van der Waals surface area contributed by atoms with Crippen LogP contribution in [0.15, 0.2) is 42.5 Å². The van der Waals surface area contributed by atoms with Gasteiger partial charge in [-0.25, -0.2) is 4.39 Å². The third kappa shape index (κ3) is 5.16. The van der Waals surface area contributed by atoms with Gasteiger partial charge in [0.2, 0.25) is 5.91 Å². The smallest absolute Gasteiger partial charge is 0.238 e. The Morgan fingerprint density at radius 2 is 1.44 bits per heavy atom. The van der Waals surface area contributed by atoms with E-state index in [0.29, 0.717) is 17.4 Å². The summed E-state index contributed by atoms with van der Waals surface area (Å²) in [6.45, 7) is 10.6. The largest absolute Gasteiger partial charge is 0.324 e. The summed E-state index contributed by atoms with van der Waals surface area (Å²) in [7, 11) is 1.84. The lowest BCUT2D eigenvalue weighted by atomic mass is 9.92. The van der Waals surface area contributed by atoms with E-state index in [1.54, 1.807) is 12.1 Å². The van der Waals surface area contributed by atoms with Crippen LogP contribution in [0.4, 0.5) is 10.1 Å². The van der Waals surface area contributed by atoms with Gasteiger partial charge in [0.1, 0.15) is 5.82 Å². The van der Waals surface area contributed by atoms with Gasteiger partial charge in [0.25, 0.3) is 0 Å². The van der Waals surface area contributed by atoms with E-state index >= 15 is 0 Å². The average molecular weight is 371 g/mol. The number of nitrogens with zero attached hydrogens (tertiary/aromatic N) is 1. The van der Waals surface area contributed by atoms with Crippen molar-refractivity contribution in [3.8, 4) is 0 Å². The summed E-state index contributed by atoms with van der Waals surface area (Å²) >= 11 is 0. The molecule has 0 bridgehead atoms. The first kappa shape index (κ1) is 21.1. The Morgan fingerprint density at radius 1 is 0.926 bits per heavy atom. The molecule has 27 heavy (non-hydrogen) atoms. The predicted molar refractivity (Wildman–Crippen MR) is 111 cm³/mol. The van der Waals surface area contributed by atoms with Crippen molar-refractivity contribution in [3.05, 3.63) is 65.0 Å². The molecule has 0 fully saturated rings. The molecule has 1 unspecified atom stereocenters. The van der Waals surface area contributed by atoms with Gasteiger partial charge in [0.15, 0.2) is 0 Å². The normalized spacial score (nSPS) is 12.7. The average Bonchev–Trinajstić information content (AvgIpc) is 2.61. The molecule has 1 N–H and O–H groups in total. The second-order valence-electron chi connectivity index (χ2n) is 7.78. The highest BCUT2D eigenvalue weighted by Crippen LogP contribution is 2.32. The van der Waals surface area contributed by atoms with Gasteiger partial charge in [-0.15, -0.1) is 0 Å². The molecule has 2 aromatic rings. The molecule has 0 spiro atoms. The first-order valence-corrected chi connectivity index (χ1v) is 9.59. The van der Waals surface area contributed by atoms with Crippen LogP contribution in [0, 0.1) is 5.82 Å². The highest BCUT2D eigenvalue weighted by Gasteiger charge is 2.20. The molecule has 146 valence electrons. The van der Waals surface area contributed by atoms with Crippen molar-refractivity contribution in [1.82, 2.24) is 4.90 Å². The van der Waals surface area contributed by atoms with Gasteiger partial charge < -0.3 is 5.32 Å². The second kappa shape index (κ2) is 9.14. The van der Waals surface area contributed by atoms with Gasteiger partial charge in [-0.1, -0.05) is 64.1 Å². The van der Waals surface area contributed by atoms with E-state index in [4.69, 9.17) is 0 Å². The van der Waals surface area contributed by atoms with Crippen molar-refractivity contribution in [2.75, 3.05) is 18.9 Å². The minimum Gasteiger partial charge on any atom is -0.324 e.